The average molecular weight is 370 g/mol. The minimum Gasteiger partial charge on any atom is -0.396 e. The Morgan fingerprint density at radius 2 is 1.96 bits per heavy atom. The Bertz CT molecular complexity index is 939. The molecule has 0 amide bonds. The van der Waals surface area contributed by atoms with Gasteiger partial charge in [0, 0.05) is 17.6 Å². The Morgan fingerprint density at radius 1 is 1.12 bits per heavy atom. The van der Waals surface area contributed by atoms with Crippen molar-refractivity contribution < 1.29 is 9.50 Å². The van der Waals surface area contributed by atoms with Crippen molar-refractivity contribution in [1.29, 1.82) is 0 Å². The minimum atomic E-state index is -0.436. The van der Waals surface area contributed by atoms with Gasteiger partial charge in [-0.25, -0.2) is 9.37 Å². The third kappa shape index (κ3) is 4.12. The van der Waals surface area contributed by atoms with E-state index in [0.29, 0.717) is 6.42 Å². The van der Waals surface area contributed by atoms with E-state index in [1.165, 1.54) is 11.6 Å². The molecular weight excluding hydrogens is 349 g/mol. The summed E-state index contributed by atoms with van der Waals surface area (Å²) < 4.78 is 13.5. The molecule has 0 spiro atoms. The lowest BCUT2D eigenvalue weighted by atomic mass is 9.99. The maximum atomic E-state index is 13.5. The number of aromatic nitrogens is 1. The Labute approximate surface area is 158 Å². The molecular formula is C22H21ClFNO. The standard InChI is InChI=1S/C22H21ClFNO/c1-2-5-16-13-18-12-15(6-3-4-11-26)7-10-21(18)25-22(16)17-8-9-20(24)19(23)14-17/h2,7-10,12-14,26H,1,3-6,11H2. The molecule has 2 nitrogen and oxygen atoms in total. The van der Waals surface area contributed by atoms with E-state index in [1.807, 2.05) is 12.1 Å². The lowest BCUT2D eigenvalue weighted by molar-refractivity contribution is 0.284. The number of aliphatic hydroxyl groups excluding tert-OH is 1. The number of aryl methyl sites for hydroxylation is 1. The van der Waals surface area contributed by atoms with Crippen LogP contribution in [0.1, 0.15) is 24.0 Å². The van der Waals surface area contributed by atoms with E-state index >= 15 is 0 Å². The van der Waals surface area contributed by atoms with Gasteiger partial charge in [0.1, 0.15) is 5.82 Å². The number of aliphatic hydroxyl groups is 1. The summed E-state index contributed by atoms with van der Waals surface area (Å²) in [6.45, 7) is 4.06. The zero-order chi connectivity index (χ0) is 18.5. The molecule has 0 aliphatic rings. The molecule has 0 radical (unpaired) electrons. The maximum absolute atomic E-state index is 13.5. The third-order valence-electron chi connectivity index (χ3n) is 4.39. The summed E-state index contributed by atoms with van der Waals surface area (Å²) in [5.41, 5.74) is 4.74. The Balaban J connectivity index is 2.05. The first-order chi connectivity index (χ1) is 12.6. The Kier molecular flexibility index (Phi) is 6.02. The van der Waals surface area contributed by atoms with Crippen LogP contribution in [-0.2, 0) is 12.8 Å². The van der Waals surface area contributed by atoms with Gasteiger partial charge in [0.05, 0.1) is 16.2 Å². The second kappa shape index (κ2) is 8.43. The van der Waals surface area contributed by atoms with Crippen molar-refractivity contribution in [3.8, 4) is 11.3 Å². The summed E-state index contributed by atoms with van der Waals surface area (Å²) in [6, 6.07) is 13.0. The van der Waals surface area contributed by atoms with E-state index in [4.69, 9.17) is 21.7 Å². The van der Waals surface area contributed by atoms with E-state index in [0.717, 1.165) is 47.0 Å². The van der Waals surface area contributed by atoms with Crippen LogP contribution in [-0.4, -0.2) is 16.7 Å². The summed E-state index contributed by atoms with van der Waals surface area (Å²) in [6.07, 6.45) is 5.20. The van der Waals surface area contributed by atoms with Crippen molar-refractivity contribution in [3.05, 3.63) is 77.1 Å². The van der Waals surface area contributed by atoms with Gasteiger partial charge in [0.25, 0.3) is 0 Å². The monoisotopic (exact) mass is 369 g/mol. The molecule has 0 bridgehead atoms. The van der Waals surface area contributed by atoms with Crippen LogP contribution in [0.15, 0.2) is 55.1 Å². The molecule has 2 aromatic carbocycles. The van der Waals surface area contributed by atoms with Crippen LogP contribution in [0, 0.1) is 5.82 Å². The first-order valence-electron chi connectivity index (χ1n) is 8.72. The number of hydrogen-bond acceptors (Lipinski definition) is 2. The van der Waals surface area contributed by atoms with E-state index in [2.05, 4.69) is 24.8 Å². The number of hydrogen-bond donors (Lipinski definition) is 1. The number of unbranched alkanes of at least 4 members (excludes halogenated alkanes) is 1. The van der Waals surface area contributed by atoms with Crippen LogP contribution in [0.3, 0.4) is 0 Å². The van der Waals surface area contributed by atoms with Crippen LogP contribution in [0.2, 0.25) is 5.02 Å². The Hall–Kier alpha value is -2.23. The van der Waals surface area contributed by atoms with Gasteiger partial charge in [-0.3, -0.25) is 0 Å². The molecule has 0 aliphatic carbocycles. The number of halogens is 2. The van der Waals surface area contributed by atoms with E-state index in [-0.39, 0.29) is 11.6 Å². The molecule has 0 aliphatic heterocycles. The van der Waals surface area contributed by atoms with Crippen LogP contribution in [0.4, 0.5) is 4.39 Å². The molecule has 1 heterocycles. The first kappa shape index (κ1) is 18.6. The molecule has 0 saturated carbocycles. The first-order valence-corrected chi connectivity index (χ1v) is 9.10. The number of fused-ring (bicyclic) bond motifs is 1. The van der Waals surface area contributed by atoms with E-state index in [9.17, 15) is 4.39 Å². The zero-order valence-corrected chi connectivity index (χ0v) is 15.3. The fourth-order valence-corrected chi connectivity index (χ4v) is 3.25. The summed E-state index contributed by atoms with van der Waals surface area (Å²) in [7, 11) is 0. The van der Waals surface area contributed by atoms with E-state index in [1.54, 1.807) is 12.1 Å². The normalized spacial score (nSPS) is 11.0. The fourth-order valence-electron chi connectivity index (χ4n) is 3.07. The molecule has 0 unspecified atom stereocenters. The van der Waals surface area contributed by atoms with E-state index < -0.39 is 5.82 Å². The van der Waals surface area contributed by atoms with Crippen molar-refractivity contribution in [2.75, 3.05) is 6.61 Å². The summed E-state index contributed by atoms with van der Waals surface area (Å²) in [5, 5.41) is 10.1. The lowest BCUT2D eigenvalue weighted by Crippen LogP contribution is -1.96. The maximum Gasteiger partial charge on any atom is 0.141 e. The highest BCUT2D eigenvalue weighted by atomic mass is 35.5. The van der Waals surface area contributed by atoms with Gasteiger partial charge >= 0.3 is 0 Å². The van der Waals surface area contributed by atoms with Gasteiger partial charge in [-0.2, -0.15) is 0 Å². The molecule has 26 heavy (non-hydrogen) atoms. The molecule has 4 heteroatoms. The number of pyridine rings is 1. The van der Waals surface area contributed by atoms with Crippen LogP contribution >= 0.6 is 11.6 Å². The third-order valence-corrected chi connectivity index (χ3v) is 4.68. The fraction of sp³-hybridized carbons (Fsp3) is 0.227. The molecule has 0 atom stereocenters. The van der Waals surface area contributed by atoms with Gasteiger partial charge in [-0.05, 0) is 73.2 Å². The zero-order valence-electron chi connectivity index (χ0n) is 14.5. The lowest BCUT2D eigenvalue weighted by Gasteiger charge is -2.11. The minimum absolute atomic E-state index is 0.0909. The molecule has 1 aromatic heterocycles. The smallest absolute Gasteiger partial charge is 0.141 e. The highest BCUT2D eigenvalue weighted by molar-refractivity contribution is 6.31. The second-order valence-electron chi connectivity index (χ2n) is 6.33. The molecule has 134 valence electrons. The Morgan fingerprint density at radius 3 is 2.69 bits per heavy atom. The largest absolute Gasteiger partial charge is 0.396 e. The van der Waals surface area contributed by atoms with Crippen LogP contribution in [0.25, 0.3) is 22.2 Å². The quantitative estimate of drug-likeness (QED) is 0.425. The second-order valence-corrected chi connectivity index (χ2v) is 6.73. The predicted octanol–water partition coefficient (Wildman–Crippen LogP) is 5.74. The van der Waals surface area contributed by atoms with Crippen molar-refractivity contribution in [2.45, 2.75) is 25.7 Å². The predicted molar refractivity (Wildman–Crippen MR) is 106 cm³/mol. The van der Waals surface area contributed by atoms with Gasteiger partial charge in [-0.1, -0.05) is 23.7 Å². The van der Waals surface area contributed by atoms with Crippen molar-refractivity contribution in [1.82, 2.24) is 4.98 Å². The van der Waals surface area contributed by atoms with Crippen LogP contribution < -0.4 is 0 Å². The number of rotatable bonds is 7. The van der Waals surface area contributed by atoms with Crippen molar-refractivity contribution in [3.63, 3.8) is 0 Å². The molecule has 0 saturated heterocycles. The topological polar surface area (TPSA) is 33.1 Å². The SMILES string of the molecule is C=CCc1cc2cc(CCCCO)ccc2nc1-c1ccc(F)c(Cl)c1. The van der Waals surface area contributed by atoms with Crippen LogP contribution in [0.5, 0.6) is 0 Å². The molecule has 1 N–H and O–H groups in total. The number of benzene rings is 2. The van der Waals surface area contributed by atoms with Gasteiger partial charge < -0.3 is 5.11 Å². The number of nitrogens with zero attached hydrogens (tertiary/aromatic N) is 1. The molecule has 0 fully saturated rings. The van der Waals surface area contributed by atoms with Gasteiger partial charge in [0.2, 0.25) is 0 Å². The summed E-state index contributed by atoms with van der Waals surface area (Å²) in [5.74, 6) is -0.436. The van der Waals surface area contributed by atoms with Crippen molar-refractivity contribution in [2.24, 2.45) is 0 Å². The highest BCUT2D eigenvalue weighted by Gasteiger charge is 2.11. The summed E-state index contributed by atoms with van der Waals surface area (Å²) >= 11 is 5.95. The highest BCUT2D eigenvalue weighted by Crippen LogP contribution is 2.29. The summed E-state index contributed by atoms with van der Waals surface area (Å²) in [4.78, 5) is 4.80. The average Bonchev–Trinajstić information content (AvgIpc) is 2.64. The van der Waals surface area contributed by atoms with Gasteiger partial charge in [0.15, 0.2) is 0 Å². The molecule has 3 aromatic rings. The van der Waals surface area contributed by atoms with Gasteiger partial charge in [-0.15, -0.1) is 6.58 Å². The van der Waals surface area contributed by atoms with Crippen molar-refractivity contribution >= 4 is 22.5 Å². The molecule has 3 rings (SSSR count). The number of allylic oxidation sites excluding steroid dienone is 1.